The molecule has 6 heteroatoms. The number of nitrogens with zero attached hydrogens (tertiary/aromatic N) is 3. The first-order valence-electron chi connectivity index (χ1n) is 8.75. The Labute approximate surface area is 148 Å². The first-order valence-corrected chi connectivity index (χ1v) is 8.75. The number of benzene rings is 1. The Bertz CT molecular complexity index is 718. The van der Waals surface area contributed by atoms with Crippen LogP contribution in [0.3, 0.4) is 0 Å². The van der Waals surface area contributed by atoms with Crippen LogP contribution in [0.5, 0.6) is 5.75 Å². The second-order valence-corrected chi connectivity index (χ2v) is 6.20. The third-order valence-electron chi connectivity index (χ3n) is 4.57. The molecule has 0 radical (unpaired) electrons. The number of amides is 1. The number of carbonyl (C=O) groups is 1. The van der Waals surface area contributed by atoms with Crippen molar-refractivity contribution in [1.29, 1.82) is 0 Å². The highest BCUT2D eigenvalue weighted by Crippen LogP contribution is 2.22. The molecular formula is C19H24N4O2. The van der Waals surface area contributed by atoms with Gasteiger partial charge < -0.3 is 15.0 Å². The lowest BCUT2D eigenvalue weighted by Crippen LogP contribution is -2.43. The third-order valence-corrected chi connectivity index (χ3v) is 4.57. The maximum absolute atomic E-state index is 12.7. The highest BCUT2D eigenvalue weighted by Gasteiger charge is 2.27. The standard InChI is InChI=1S/C19H24N4O2/c1-3-15-8-4-5-10-23(15)19(24)17-12-21-18(13-20-17)22-14-7-6-9-16(11-14)25-2/h6-7,9,11-13,15H,3-5,8,10H2,1-2H3,(H,21,22). The molecule has 0 spiro atoms. The summed E-state index contributed by atoms with van der Waals surface area (Å²) in [6.45, 7) is 2.94. The molecule has 1 saturated heterocycles. The van der Waals surface area contributed by atoms with Gasteiger partial charge in [-0.1, -0.05) is 13.0 Å². The second kappa shape index (κ2) is 7.96. The van der Waals surface area contributed by atoms with Gasteiger partial charge in [-0.3, -0.25) is 4.79 Å². The van der Waals surface area contributed by atoms with Crippen LogP contribution < -0.4 is 10.1 Å². The van der Waals surface area contributed by atoms with Crippen LogP contribution in [0.15, 0.2) is 36.7 Å². The molecule has 25 heavy (non-hydrogen) atoms. The predicted octanol–water partition coefficient (Wildman–Crippen LogP) is 3.63. The van der Waals surface area contributed by atoms with Crippen LogP contribution in [0.2, 0.25) is 0 Å². The monoisotopic (exact) mass is 340 g/mol. The molecule has 0 saturated carbocycles. The van der Waals surface area contributed by atoms with Crippen molar-refractivity contribution in [2.45, 2.75) is 38.6 Å². The lowest BCUT2D eigenvalue weighted by molar-refractivity contribution is 0.0601. The van der Waals surface area contributed by atoms with Crippen LogP contribution in [0.1, 0.15) is 43.1 Å². The second-order valence-electron chi connectivity index (χ2n) is 6.20. The van der Waals surface area contributed by atoms with Crippen molar-refractivity contribution >= 4 is 17.4 Å². The van der Waals surface area contributed by atoms with E-state index < -0.39 is 0 Å². The molecule has 1 atom stereocenters. The maximum atomic E-state index is 12.7. The number of anilines is 2. The summed E-state index contributed by atoms with van der Waals surface area (Å²) in [7, 11) is 1.63. The molecule has 1 aromatic heterocycles. The molecular weight excluding hydrogens is 316 g/mol. The Morgan fingerprint density at radius 3 is 2.92 bits per heavy atom. The van der Waals surface area contributed by atoms with Crippen LogP contribution in [0.25, 0.3) is 0 Å². The van der Waals surface area contributed by atoms with Crippen LogP contribution >= 0.6 is 0 Å². The van der Waals surface area contributed by atoms with Crippen molar-refractivity contribution in [2.75, 3.05) is 19.0 Å². The van der Waals surface area contributed by atoms with Crippen LogP contribution in [-0.4, -0.2) is 40.5 Å². The molecule has 1 unspecified atom stereocenters. The number of hydrogen-bond donors (Lipinski definition) is 1. The van der Waals surface area contributed by atoms with Gasteiger partial charge in [-0.15, -0.1) is 0 Å². The van der Waals surface area contributed by atoms with Crippen LogP contribution in [-0.2, 0) is 0 Å². The lowest BCUT2D eigenvalue weighted by atomic mass is 10.00. The quantitative estimate of drug-likeness (QED) is 0.900. The predicted molar refractivity (Wildman–Crippen MR) is 97.3 cm³/mol. The number of carbonyl (C=O) groups excluding carboxylic acids is 1. The topological polar surface area (TPSA) is 67.4 Å². The smallest absolute Gasteiger partial charge is 0.274 e. The molecule has 2 heterocycles. The molecule has 3 rings (SSSR count). The third kappa shape index (κ3) is 4.07. The van der Waals surface area contributed by atoms with Gasteiger partial charge in [0.25, 0.3) is 5.91 Å². The summed E-state index contributed by atoms with van der Waals surface area (Å²) < 4.78 is 5.20. The highest BCUT2D eigenvalue weighted by atomic mass is 16.5. The average molecular weight is 340 g/mol. The average Bonchev–Trinajstić information content (AvgIpc) is 2.68. The van der Waals surface area contributed by atoms with E-state index in [1.54, 1.807) is 19.5 Å². The fourth-order valence-electron chi connectivity index (χ4n) is 3.19. The number of aromatic nitrogens is 2. The van der Waals surface area contributed by atoms with Gasteiger partial charge in [-0.2, -0.15) is 0 Å². The van der Waals surface area contributed by atoms with Gasteiger partial charge in [0.2, 0.25) is 0 Å². The number of ether oxygens (including phenoxy) is 1. The van der Waals surface area contributed by atoms with E-state index in [0.717, 1.165) is 37.2 Å². The Kier molecular flexibility index (Phi) is 5.48. The van der Waals surface area contributed by atoms with E-state index in [9.17, 15) is 4.79 Å². The fraction of sp³-hybridized carbons (Fsp3) is 0.421. The zero-order valence-electron chi connectivity index (χ0n) is 14.7. The first kappa shape index (κ1) is 17.2. The number of methoxy groups -OCH3 is 1. The first-order chi connectivity index (χ1) is 12.2. The van der Waals surface area contributed by atoms with E-state index >= 15 is 0 Å². The van der Waals surface area contributed by atoms with E-state index in [1.165, 1.54) is 6.42 Å². The van der Waals surface area contributed by atoms with Crippen LogP contribution in [0.4, 0.5) is 11.5 Å². The summed E-state index contributed by atoms with van der Waals surface area (Å²) in [5.41, 5.74) is 1.26. The molecule has 132 valence electrons. The number of rotatable bonds is 5. The zero-order chi connectivity index (χ0) is 17.6. The van der Waals surface area contributed by atoms with Gasteiger partial charge in [0.05, 0.1) is 19.5 Å². The van der Waals surface area contributed by atoms with E-state index in [4.69, 9.17) is 4.74 Å². The molecule has 0 bridgehead atoms. The molecule has 1 fully saturated rings. The summed E-state index contributed by atoms with van der Waals surface area (Å²) in [5, 5.41) is 3.17. The molecule has 0 aliphatic carbocycles. The summed E-state index contributed by atoms with van der Waals surface area (Å²) in [6, 6.07) is 7.89. The Morgan fingerprint density at radius 1 is 1.32 bits per heavy atom. The largest absolute Gasteiger partial charge is 0.497 e. The van der Waals surface area contributed by atoms with Crippen molar-refractivity contribution in [2.24, 2.45) is 0 Å². The Hall–Kier alpha value is -2.63. The fourth-order valence-corrected chi connectivity index (χ4v) is 3.19. The molecule has 1 N–H and O–H groups in total. The Balaban J connectivity index is 1.70. The van der Waals surface area contributed by atoms with Gasteiger partial charge in [-0.05, 0) is 37.8 Å². The summed E-state index contributed by atoms with van der Waals surface area (Å²) in [5.74, 6) is 1.34. The summed E-state index contributed by atoms with van der Waals surface area (Å²) in [6.07, 6.45) is 7.45. The number of hydrogen-bond acceptors (Lipinski definition) is 5. The minimum atomic E-state index is -0.0213. The van der Waals surface area contributed by atoms with Gasteiger partial charge in [0, 0.05) is 24.3 Å². The highest BCUT2D eigenvalue weighted by molar-refractivity contribution is 5.92. The summed E-state index contributed by atoms with van der Waals surface area (Å²) >= 11 is 0. The SMILES string of the molecule is CCC1CCCCN1C(=O)c1cnc(Nc2cccc(OC)c2)cn1. The number of nitrogens with one attached hydrogen (secondary N) is 1. The van der Waals surface area contributed by atoms with E-state index in [-0.39, 0.29) is 5.91 Å². The van der Waals surface area contributed by atoms with Crippen molar-refractivity contribution in [3.05, 3.63) is 42.4 Å². The van der Waals surface area contributed by atoms with Crippen LogP contribution in [0, 0.1) is 0 Å². The lowest BCUT2D eigenvalue weighted by Gasteiger charge is -2.34. The minimum absolute atomic E-state index is 0.0213. The molecule has 6 nitrogen and oxygen atoms in total. The van der Waals surface area contributed by atoms with Gasteiger partial charge in [0.15, 0.2) is 0 Å². The molecule has 1 aliphatic rings. The van der Waals surface area contributed by atoms with Gasteiger partial charge in [0.1, 0.15) is 17.3 Å². The van der Waals surface area contributed by atoms with E-state index in [1.807, 2.05) is 29.2 Å². The van der Waals surface area contributed by atoms with E-state index in [2.05, 4.69) is 22.2 Å². The number of likely N-dealkylation sites (tertiary alicyclic amines) is 1. The molecule has 2 aromatic rings. The zero-order valence-corrected chi connectivity index (χ0v) is 14.7. The van der Waals surface area contributed by atoms with Gasteiger partial charge >= 0.3 is 0 Å². The Morgan fingerprint density at radius 2 is 2.20 bits per heavy atom. The van der Waals surface area contributed by atoms with Crippen molar-refractivity contribution < 1.29 is 9.53 Å². The van der Waals surface area contributed by atoms with Crippen molar-refractivity contribution in [3.8, 4) is 5.75 Å². The maximum Gasteiger partial charge on any atom is 0.274 e. The molecule has 1 amide bonds. The molecule has 1 aromatic carbocycles. The van der Waals surface area contributed by atoms with Gasteiger partial charge in [-0.25, -0.2) is 9.97 Å². The number of piperidine rings is 1. The minimum Gasteiger partial charge on any atom is -0.497 e. The van der Waals surface area contributed by atoms with Crippen molar-refractivity contribution in [1.82, 2.24) is 14.9 Å². The van der Waals surface area contributed by atoms with Crippen molar-refractivity contribution in [3.63, 3.8) is 0 Å². The molecule has 1 aliphatic heterocycles. The normalized spacial score (nSPS) is 17.2. The van der Waals surface area contributed by atoms with E-state index in [0.29, 0.717) is 17.6 Å². The summed E-state index contributed by atoms with van der Waals surface area (Å²) in [4.78, 5) is 23.3.